The fourth-order valence-electron chi connectivity index (χ4n) is 2.89. The predicted octanol–water partition coefficient (Wildman–Crippen LogP) is 1.52. The van der Waals surface area contributed by atoms with Gasteiger partial charge < -0.3 is 14.5 Å². The number of carbonyl (C=O) groups is 2. The van der Waals surface area contributed by atoms with Gasteiger partial charge in [0.05, 0.1) is 12.3 Å². The maximum absolute atomic E-state index is 12.5. The first kappa shape index (κ1) is 15.7. The van der Waals surface area contributed by atoms with E-state index in [0.717, 1.165) is 31.9 Å². The summed E-state index contributed by atoms with van der Waals surface area (Å²) in [6.07, 6.45) is 1.40. The molecule has 6 heteroatoms. The maximum atomic E-state index is 12.5. The van der Waals surface area contributed by atoms with E-state index in [1.165, 1.54) is 6.21 Å². The second kappa shape index (κ2) is 6.50. The number of ketones is 1. The molecule has 1 unspecified atom stereocenters. The Hall–Kier alpha value is -2.21. The summed E-state index contributed by atoms with van der Waals surface area (Å²) in [6.45, 7) is 5.93. The number of hydrogen-bond donors (Lipinski definition) is 0. The van der Waals surface area contributed by atoms with E-state index < -0.39 is 11.9 Å². The molecule has 0 N–H and O–H groups in total. The van der Waals surface area contributed by atoms with Crippen molar-refractivity contribution in [2.24, 2.45) is 10.9 Å². The summed E-state index contributed by atoms with van der Waals surface area (Å²) in [5.41, 5.74) is 2.19. The zero-order chi connectivity index (χ0) is 16.4. The Kier molecular flexibility index (Phi) is 4.43. The highest BCUT2D eigenvalue weighted by Crippen LogP contribution is 2.31. The highest BCUT2D eigenvalue weighted by atomic mass is 16.5. The number of aliphatic imine (C=N–C) groups is 1. The minimum atomic E-state index is -0.920. The predicted molar refractivity (Wildman–Crippen MR) is 88.8 cm³/mol. The Labute approximate surface area is 135 Å². The molecule has 1 aromatic carbocycles. The molecule has 23 heavy (non-hydrogen) atoms. The van der Waals surface area contributed by atoms with E-state index in [2.05, 4.69) is 21.8 Å². The van der Waals surface area contributed by atoms with Crippen molar-refractivity contribution < 1.29 is 14.3 Å². The van der Waals surface area contributed by atoms with Crippen molar-refractivity contribution in [3.8, 4) is 0 Å². The van der Waals surface area contributed by atoms with Crippen LogP contribution in [0.15, 0.2) is 23.2 Å². The van der Waals surface area contributed by atoms with E-state index in [4.69, 9.17) is 4.74 Å². The van der Waals surface area contributed by atoms with Crippen molar-refractivity contribution in [2.45, 2.75) is 6.92 Å². The molecule has 122 valence electrons. The molecular formula is C17H21N3O3. The Balaban J connectivity index is 1.81. The highest BCUT2D eigenvalue weighted by molar-refractivity contribution is 6.22. The number of fused-ring (bicyclic) bond motifs is 1. The van der Waals surface area contributed by atoms with Gasteiger partial charge in [-0.2, -0.15) is 0 Å². The summed E-state index contributed by atoms with van der Waals surface area (Å²) >= 11 is 0. The summed E-state index contributed by atoms with van der Waals surface area (Å²) < 4.78 is 4.93. The SMILES string of the molecule is CCOC(=O)C1C=Nc2cc(N3CCN(C)CC3)ccc2C1=O. The van der Waals surface area contributed by atoms with E-state index in [1.807, 2.05) is 12.1 Å². The maximum Gasteiger partial charge on any atom is 0.322 e. The van der Waals surface area contributed by atoms with Gasteiger partial charge >= 0.3 is 5.97 Å². The third-order valence-corrected chi connectivity index (χ3v) is 4.30. The number of piperazine rings is 1. The lowest BCUT2D eigenvalue weighted by Gasteiger charge is -2.34. The van der Waals surface area contributed by atoms with Gasteiger partial charge in [-0.1, -0.05) is 0 Å². The Morgan fingerprint density at radius 3 is 2.74 bits per heavy atom. The van der Waals surface area contributed by atoms with Crippen LogP contribution in [-0.2, 0) is 9.53 Å². The normalized spacial score (nSPS) is 21.2. The first-order valence-corrected chi connectivity index (χ1v) is 7.92. The van der Waals surface area contributed by atoms with Crippen molar-refractivity contribution in [1.29, 1.82) is 0 Å². The van der Waals surface area contributed by atoms with Crippen LogP contribution >= 0.6 is 0 Å². The summed E-state index contributed by atoms with van der Waals surface area (Å²) in [7, 11) is 2.11. The van der Waals surface area contributed by atoms with Crippen molar-refractivity contribution in [3.05, 3.63) is 23.8 Å². The number of hydrogen-bond acceptors (Lipinski definition) is 6. The van der Waals surface area contributed by atoms with Gasteiger partial charge in [-0.25, -0.2) is 0 Å². The zero-order valence-electron chi connectivity index (χ0n) is 13.5. The minimum Gasteiger partial charge on any atom is -0.465 e. The zero-order valence-corrected chi connectivity index (χ0v) is 13.5. The van der Waals surface area contributed by atoms with Crippen LogP contribution in [0, 0.1) is 5.92 Å². The van der Waals surface area contributed by atoms with Crippen molar-refractivity contribution in [2.75, 3.05) is 44.7 Å². The smallest absolute Gasteiger partial charge is 0.322 e. The average molecular weight is 315 g/mol. The Morgan fingerprint density at radius 1 is 1.30 bits per heavy atom. The summed E-state index contributed by atoms with van der Waals surface area (Å²) in [6, 6.07) is 5.63. The lowest BCUT2D eigenvalue weighted by Crippen LogP contribution is -2.44. The van der Waals surface area contributed by atoms with Gasteiger partial charge in [-0.15, -0.1) is 0 Å². The third-order valence-electron chi connectivity index (χ3n) is 4.30. The van der Waals surface area contributed by atoms with Gasteiger partial charge in [0.25, 0.3) is 0 Å². The standard InChI is InChI=1S/C17H21N3O3/c1-3-23-17(22)14-11-18-15-10-12(4-5-13(15)16(14)21)20-8-6-19(2)7-9-20/h4-5,10-11,14H,3,6-9H2,1-2H3. The van der Waals surface area contributed by atoms with Crippen LogP contribution in [0.3, 0.4) is 0 Å². The molecule has 0 aromatic heterocycles. The Bertz CT molecular complexity index is 648. The first-order chi connectivity index (χ1) is 11.1. The second-order valence-corrected chi connectivity index (χ2v) is 5.86. The van der Waals surface area contributed by atoms with E-state index in [1.54, 1.807) is 13.0 Å². The van der Waals surface area contributed by atoms with Crippen molar-refractivity contribution >= 4 is 29.3 Å². The molecule has 1 aromatic rings. The van der Waals surface area contributed by atoms with Crippen LogP contribution in [0.1, 0.15) is 17.3 Å². The van der Waals surface area contributed by atoms with E-state index in [9.17, 15) is 9.59 Å². The number of esters is 1. The molecule has 0 bridgehead atoms. The monoisotopic (exact) mass is 315 g/mol. The molecule has 1 saturated heterocycles. The van der Waals surface area contributed by atoms with Crippen molar-refractivity contribution in [3.63, 3.8) is 0 Å². The molecule has 0 radical (unpaired) electrons. The topological polar surface area (TPSA) is 62.2 Å². The van der Waals surface area contributed by atoms with Crippen LogP contribution in [-0.4, -0.2) is 62.7 Å². The number of anilines is 1. The third kappa shape index (κ3) is 3.12. The molecule has 0 amide bonds. The van der Waals surface area contributed by atoms with Gasteiger partial charge in [0.15, 0.2) is 11.7 Å². The van der Waals surface area contributed by atoms with Gasteiger partial charge in [0.2, 0.25) is 0 Å². The molecule has 6 nitrogen and oxygen atoms in total. The quantitative estimate of drug-likeness (QED) is 0.625. The van der Waals surface area contributed by atoms with Gasteiger partial charge in [-0.05, 0) is 32.2 Å². The second-order valence-electron chi connectivity index (χ2n) is 5.86. The van der Waals surface area contributed by atoms with Gasteiger partial charge in [0, 0.05) is 43.6 Å². The number of carbonyl (C=O) groups excluding carboxylic acids is 2. The number of Topliss-reactive ketones (excluding diaryl/α,β-unsaturated/α-hetero) is 1. The molecule has 0 aliphatic carbocycles. The summed E-state index contributed by atoms with van der Waals surface area (Å²) in [5, 5.41) is 0. The molecule has 0 saturated carbocycles. The van der Waals surface area contributed by atoms with E-state index >= 15 is 0 Å². The lowest BCUT2D eigenvalue weighted by molar-refractivity contribution is -0.143. The largest absolute Gasteiger partial charge is 0.465 e. The minimum absolute atomic E-state index is 0.238. The van der Waals surface area contributed by atoms with E-state index in [0.29, 0.717) is 11.3 Å². The van der Waals surface area contributed by atoms with Gasteiger partial charge in [-0.3, -0.25) is 14.6 Å². The number of rotatable bonds is 3. The fourth-order valence-corrected chi connectivity index (χ4v) is 2.89. The molecule has 0 spiro atoms. The summed E-state index contributed by atoms with van der Waals surface area (Å²) in [4.78, 5) is 33.2. The average Bonchev–Trinajstić information content (AvgIpc) is 2.55. The van der Waals surface area contributed by atoms with Crippen LogP contribution in [0.4, 0.5) is 11.4 Å². The van der Waals surface area contributed by atoms with Crippen LogP contribution < -0.4 is 4.90 Å². The van der Waals surface area contributed by atoms with Crippen LogP contribution in [0.2, 0.25) is 0 Å². The molecule has 1 fully saturated rings. The molecule has 2 heterocycles. The Morgan fingerprint density at radius 2 is 2.04 bits per heavy atom. The highest BCUT2D eigenvalue weighted by Gasteiger charge is 2.32. The van der Waals surface area contributed by atoms with Gasteiger partial charge in [0.1, 0.15) is 0 Å². The van der Waals surface area contributed by atoms with Crippen LogP contribution in [0.5, 0.6) is 0 Å². The molecule has 1 atom stereocenters. The number of likely N-dealkylation sites (N-methyl/N-ethyl adjacent to an activating group) is 1. The molecular weight excluding hydrogens is 294 g/mol. The number of nitrogens with zero attached hydrogens (tertiary/aromatic N) is 3. The first-order valence-electron chi connectivity index (χ1n) is 7.92. The van der Waals surface area contributed by atoms with E-state index in [-0.39, 0.29) is 12.4 Å². The van der Waals surface area contributed by atoms with Crippen LogP contribution in [0.25, 0.3) is 0 Å². The molecule has 2 aliphatic heterocycles. The summed E-state index contributed by atoms with van der Waals surface area (Å²) in [5.74, 6) is -1.69. The molecule has 3 rings (SSSR count). The molecule has 2 aliphatic rings. The number of ether oxygens (including phenoxy) is 1. The fraction of sp³-hybridized carbons (Fsp3) is 0.471. The lowest BCUT2D eigenvalue weighted by atomic mass is 9.94. The number of benzene rings is 1. The van der Waals surface area contributed by atoms with Crippen molar-refractivity contribution in [1.82, 2.24) is 4.90 Å².